The molecule has 1 N–H and O–H groups in total. The Balaban J connectivity index is 1.94. The van der Waals surface area contributed by atoms with Gasteiger partial charge in [0.25, 0.3) is 0 Å². The monoisotopic (exact) mass is 300 g/mol. The van der Waals surface area contributed by atoms with Crippen molar-refractivity contribution in [3.63, 3.8) is 0 Å². The van der Waals surface area contributed by atoms with Crippen LogP contribution in [0.15, 0.2) is 36.4 Å². The van der Waals surface area contributed by atoms with Gasteiger partial charge >= 0.3 is 0 Å². The number of hydrogen-bond acceptors (Lipinski definition) is 5. The Hall–Kier alpha value is -2.27. The summed E-state index contributed by atoms with van der Waals surface area (Å²) >= 11 is 1.63. The van der Waals surface area contributed by atoms with Gasteiger partial charge in [-0.05, 0) is 24.6 Å². The summed E-state index contributed by atoms with van der Waals surface area (Å²) in [5.41, 5.74) is 3.13. The van der Waals surface area contributed by atoms with Crippen LogP contribution in [0.4, 0.5) is 10.8 Å². The fourth-order valence-corrected chi connectivity index (χ4v) is 3.07. The molecule has 2 aromatic carbocycles. The molecule has 0 aliphatic rings. The third-order valence-electron chi connectivity index (χ3n) is 3.15. The predicted molar refractivity (Wildman–Crippen MR) is 87.2 cm³/mol. The van der Waals surface area contributed by atoms with Crippen LogP contribution in [0.1, 0.15) is 5.56 Å². The Morgan fingerprint density at radius 1 is 1.00 bits per heavy atom. The molecule has 1 aromatic heterocycles. The minimum absolute atomic E-state index is 0.744. The lowest BCUT2D eigenvalue weighted by Crippen LogP contribution is -1.93. The Morgan fingerprint density at radius 3 is 2.38 bits per heavy atom. The molecule has 0 aliphatic carbocycles. The van der Waals surface area contributed by atoms with Crippen LogP contribution in [-0.4, -0.2) is 19.2 Å². The number of benzene rings is 2. The van der Waals surface area contributed by atoms with Gasteiger partial charge in [-0.2, -0.15) is 0 Å². The van der Waals surface area contributed by atoms with Crippen molar-refractivity contribution < 1.29 is 9.47 Å². The summed E-state index contributed by atoms with van der Waals surface area (Å²) < 4.78 is 11.7. The highest BCUT2D eigenvalue weighted by Gasteiger charge is 2.06. The van der Waals surface area contributed by atoms with Crippen molar-refractivity contribution in [1.29, 1.82) is 0 Å². The standard InChI is InChI=1S/C16H16N2O2S/c1-10-4-5-14-15(6-10)21-16(18-14)17-11-7-12(19-2)9-13(8-11)20-3/h4-9H,1-3H3,(H,17,18). The van der Waals surface area contributed by atoms with Crippen molar-refractivity contribution in [1.82, 2.24) is 4.98 Å². The molecule has 5 heteroatoms. The van der Waals surface area contributed by atoms with Crippen LogP contribution in [0.2, 0.25) is 0 Å². The molecule has 0 fully saturated rings. The second-order valence-corrected chi connectivity index (χ2v) is 5.75. The highest BCUT2D eigenvalue weighted by molar-refractivity contribution is 7.22. The summed E-state index contributed by atoms with van der Waals surface area (Å²) in [4.78, 5) is 4.59. The second-order valence-electron chi connectivity index (χ2n) is 4.72. The van der Waals surface area contributed by atoms with Crippen molar-refractivity contribution in [3.8, 4) is 11.5 Å². The lowest BCUT2D eigenvalue weighted by molar-refractivity contribution is 0.395. The summed E-state index contributed by atoms with van der Waals surface area (Å²) in [7, 11) is 3.28. The average molecular weight is 300 g/mol. The zero-order chi connectivity index (χ0) is 14.8. The first-order valence-corrected chi connectivity index (χ1v) is 7.37. The zero-order valence-corrected chi connectivity index (χ0v) is 13.0. The summed E-state index contributed by atoms with van der Waals surface area (Å²) in [5, 5.41) is 4.16. The van der Waals surface area contributed by atoms with Crippen molar-refractivity contribution in [3.05, 3.63) is 42.0 Å². The van der Waals surface area contributed by atoms with Gasteiger partial charge in [0.1, 0.15) is 11.5 Å². The first-order valence-electron chi connectivity index (χ1n) is 6.55. The predicted octanol–water partition coefficient (Wildman–Crippen LogP) is 4.37. The van der Waals surface area contributed by atoms with E-state index in [1.54, 1.807) is 25.6 Å². The van der Waals surface area contributed by atoms with Crippen LogP contribution in [0.25, 0.3) is 10.2 Å². The topological polar surface area (TPSA) is 43.4 Å². The molecule has 0 atom stereocenters. The Bertz CT molecular complexity index is 761. The number of nitrogens with one attached hydrogen (secondary N) is 1. The smallest absolute Gasteiger partial charge is 0.188 e. The minimum Gasteiger partial charge on any atom is -0.497 e. The summed E-state index contributed by atoms with van der Waals surface area (Å²) in [6, 6.07) is 11.9. The maximum Gasteiger partial charge on any atom is 0.188 e. The molecule has 0 amide bonds. The molecule has 21 heavy (non-hydrogen) atoms. The molecule has 1 heterocycles. The Kier molecular flexibility index (Phi) is 3.66. The van der Waals surface area contributed by atoms with Crippen molar-refractivity contribution in [2.45, 2.75) is 6.92 Å². The van der Waals surface area contributed by atoms with Gasteiger partial charge in [0.15, 0.2) is 5.13 Å². The van der Waals surface area contributed by atoms with E-state index in [2.05, 4.69) is 29.4 Å². The van der Waals surface area contributed by atoms with E-state index in [9.17, 15) is 0 Å². The van der Waals surface area contributed by atoms with Crippen LogP contribution >= 0.6 is 11.3 Å². The van der Waals surface area contributed by atoms with Crippen LogP contribution < -0.4 is 14.8 Å². The number of aryl methyl sites for hydroxylation is 1. The van der Waals surface area contributed by atoms with Gasteiger partial charge in [-0.1, -0.05) is 17.4 Å². The number of anilines is 2. The SMILES string of the molecule is COc1cc(Nc2nc3ccc(C)cc3s2)cc(OC)c1. The fourth-order valence-electron chi connectivity index (χ4n) is 2.09. The fraction of sp³-hybridized carbons (Fsp3) is 0.188. The van der Waals surface area contributed by atoms with E-state index in [1.165, 1.54) is 10.3 Å². The number of hydrogen-bond donors (Lipinski definition) is 1. The molecule has 108 valence electrons. The van der Waals surface area contributed by atoms with Crippen LogP contribution in [0.3, 0.4) is 0 Å². The second kappa shape index (κ2) is 5.61. The minimum atomic E-state index is 0.744. The molecule has 0 aliphatic heterocycles. The highest BCUT2D eigenvalue weighted by atomic mass is 32.1. The first kappa shape index (κ1) is 13.7. The molecular weight excluding hydrogens is 284 g/mol. The first-order chi connectivity index (χ1) is 10.2. The number of ether oxygens (including phenoxy) is 2. The van der Waals surface area contributed by atoms with Crippen LogP contribution in [-0.2, 0) is 0 Å². The molecule has 3 rings (SSSR count). The molecule has 0 bridgehead atoms. The normalized spacial score (nSPS) is 10.6. The molecule has 0 saturated carbocycles. The van der Waals surface area contributed by atoms with Gasteiger partial charge in [0.05, 0.1) is 24.4 Å². The van der Waals surface area contributed by atoms with Gasteiger partial charge in [0.2, 0.25) is 0 Å². The number of methoxy groups -OCH3 is 2. The number of aromatic nitrogens is 1. The van der Waals surface area contributed by atoms with E-state index < -0.39 is 0 Å². The summed E-state index contributed by atoms with van der Waals surface area (Å²) in [6.07, 6.45) is 0. The average Bonchev–Trinajstić information content (AvgIpc) is 2.87. The number of rotatable bonds is 4. The zero-order valence-electron chi connectivity index (χ0n) is 12.1. The van der Waals surface area contributed by atoms with Crippen LogP contribution in [0.5, 0.6) is 11.5 Å². The van der Waals surface area contributed by atoms with Gasteiger partial charge < -0.3 is 14.8 Å². The van der Waals surface area contributed by atoms with Crippen LogP contribution in [0, 0.1) is 6.92 Å². The lowest BCUT2D eigenvalue weighted by atomic mass is 10.2. The van der Waals surface area contributed by atoms with Gasteiger partial charge in [0, 0.05) is 23.9 Å². The largest absolute Gasteiger partial charge is 0.497 e. The third kappa shape index (κ3) is 2.92. The molecule has 3 aromatic rings. The molecule has 0 unspecified atom stereocenters. The number of fused-ring (bicyclic) bond motifs is 1. The Labute approximate surface area is 127 Å². The quantitative estimate of drug-likeness (QED) is 0.777. The maximum atomic E-state index is 5.27. The van der Waals surface area contributed by atoms with E-state index in [1.807, 2.05) is 24.3 Å². The summed E-state index contributed by atoms with van der Waals surface area (Å²) in [5.74, 6) is 1.49. The lowest BCUT2D eigenvalue weighted by Gasteiger charge is -2.08. The number of nitrogens with zero attached hydrogens (tertiary/aromatic N) is 1. The van der Waals surface area contributed by atoms with Crippen molar-refractivity contribution >= 4 is 32.4 Å². The number of thiazole rings is 1. The van der Waals surface area contributed by atoms with E-state index >= 15 is 0 Å². The Morgan fingerprint density at radius 2 is 1.71 bits per heavy atom. The maximum absolute atomic E-state index is 5.27. The molecule has 0 spiro atoms. The van der Waals surface area contributed by atoms with E-state index in [-0.39, 0.29) is 0 Å². The van der Waals surface area contributed by atoms with Gasteiger partial charge in [-0.3, -0.25) is 0 Å². The van der Waals surface area contributed by atoms with Crippen molar-refractivity contribution in [2.75, 3.05) is 19.5 Å². The molecular formula is C16H16N2O2S. The van der Waals surface area contributed by atoms with Gasteiger partial charge in [-0.15, -0.1) is 0 Å². The molecule has 4 nitrogen and oxygen atoms in total. The van der Waals surface area contributed by atoms with E-state index in [0.717, 1.165) is 27.8 Å². The highest BCUT2D eigenvalue weighted by Crippen LogP contribution is 2.32. The van der Waals surface area contributed by atoms with Gasteiger partial charge in [-0.25, -0.2) is 4.98 Å². The summed E-state index contributed by atoms with van der Waals surface area (Å²) in [6.45, 7) is 2.08. The third-order valence-corrected chi connectivity index (χ3v) is 4.08. The molecule has 0 saturated heterocycles. The van der Waals surface area contributed by atoms with E-state index in [4.69, 9.17) is 9.47 Å². The molecule has 0 radical (unpaired) electrons. The van der Waals surface area contributed by atoms with E-state index in [0.29, 0.717) is 0 Å². The van der Waals surface area contributed by atoms with Crippen molar-refractivity contribution in [2.24, 2.45) is 0 Å².